The Morgan fingerprint density at radius 2 is 2.05 bits per heavy atom. The lowest BCUT2D eigenvalue weighted by Crippen LogP contribution is -2.23. The lowest BCUT2D eigenvalue weighted by Gasteiger charge is -2.09. The summed E-state index contributed by atoms with van der Waals surface area (Å²) >= 11 is 5.68. The molecule has 2 aromatic heterocycles. The highest BCUT2D eigenvalue weighted by Gasteiger charge is 2.11. The molecule has 0 bridgehead atoms. The minimum atomic E-state index is -0.0225. The Kier molecular flexibility index (Phi) is 3.21. The van der Waals surface area contributed by atoms with Crippen molar-refractivity contribution in [3.8, 4) is 0 Å². The van der Waals surface area contributed by atoms with Gasteiger partial charge in [0.1, 0.15) is 6.33 Å². The molecule has 0 fully saturated rings. The Labute approximate surface area is 114 Å². The first-order valence-electron chi connectivity index (χ1n) is 6.20. The summed E-state index contributed by atoms with van der Waals surface area (Å²) in [5.41, 5.74) is 0.812. The summed E-state index contributed by atoms with van der Waals surface area (Å²) in [4.78, 5) is 12.5. The fourth-order valence-electron chi connectivity index (χ4n) is 2.25. The Bertz CT molecular complexity index is 777. The van der Waals surface area contributed by atoms with Crippen LogP contribution in [0.1, 0.15) is 12.8 Å². The van der Waals surface area contributed by atoms with Gasteiger partial charge >= 0.3 is 0 Å². The van der Waals surface area contributed by atoms with Gasteiger partial charge in [-0.3, -0.25) is 13.8 Å². The van der Waals surface area contributed by atoms with Crippen LogP contribution < -0.4 is 5.56 Å². The van der Waals surface area contributed by atoms with Gasteiger partial charge in [-0.05, 0) is 25.0 Å². The summed E-state index contributed by atoms with van der Waals surface area (Å²) in [6.07, 6.45) is 3.36. The van der Waals surface area contributed by atoms with E-state index in [1.807, 2.05) is 28.7 Å². The topological polar surface area (TPSA) is 52.2 Å². The number of rotatable bonds is 4. The molecule has 5 nitrogen and oxygen atoms in total. The van der Waals surface area contributed by atoms with Gasteiger partial charge in [-0.15, -0.1) is 21.8 Å². The van der Waals surface area contributed by atoms with Gasteiger partial charge in [-0.25, -0.2) is 0 Å². The van der Waals surface area contributed by atoms with E-state index in [0.29, 0.717) is 23.6 Å². The molecule has 0 unspecified atom stereocenters. The zero-order chi connectivity index (χ0) is 13.2. The first kappa shape index (κ1) is 12.2. The van der Waals surface area contributed by atoms with Crippen molar-refractivity contribution < 1.29 is 0 Å². The molecule has 3 rings (SSSR count). The van der Waals surface area contributed by atoms with E-state index >= 15 is 0 Å². The third kappa shape index (κ3) is 2.00. The van der Waals surface area contributed by atoms with E-state index in [1.54, 1.807) is 10.9 Å². The summed E-state index contributed by atoms with van der Waals surface area (Å²) in [6, 6.07) is 7.49. The minimum absolute atomic E-state index is 0.0225. The minimum Gasteiger partial charge on any atom is -0.276 e. The number of hydrogen-bond acceptors (Lipinski definition) is 3. The predicted octanol–water partition coefficient (Wildman–Crippen LogP) is 2.06. The van der Waals surface area contributed by atoms with Gasteiger partial charge in [0, 0.05) is 12.4 Å². The van der Waals surface area contributed by atoms with E-state index in [-0.39, 0.29) is 5.56 Å². The van der Waals surface area contributed by atoms with Crippen LogP contribution in [0.2, 0.25) is 0 Å². The summed E-state index contributed by atoms with van der Waals surface area (Å²) in [6.45, 7) is 0.610. The largest absolute Gasteiger partial charge is 0.276 e. The lowest BCUT2D eigenvalue weighted by atomic mass is 10.2. The average molecular weight is 277 g/mol. The van der Waals surface area contributed by atoms with Gasteiger partial charge < -0.3 is 0 Å². The van der Waals surface area contributed by atoms with E-state index < -0.39 is 0 Å². The van der Waals surface area contributed by atoms with Crippen molar-refractivity contribution in [1.29, 1.82) is 0 Å². The third-order valence-electron chi connectivity index (χ3n) is 3.18. The number of hydrogen-bond donors (Lipinski definition) is 0. The second-order valence-corrected chi connectivity index (χ2v) is 4.75. The molecule has 0 aliphatic rings. The molecular formula is C13H13ClN4O. The first-order chi connectivity index (χ1) is 9.33. The van der Waals surface area contributed by atoms with Crippen LogP contribution in [0, 0.1) is 0 Å². The van der Waals surface area contributed by atoms with Gasteiger partial charge in [0.25, 0.3) is 5.56 Å². The molecule has 0 amide bonds. The highest BCUT2D eigenvalue weighted by molar-refractivity contribution is 6.17. The Morgan fingerprint density at radius 3 is 2.89 bits per heavy atom. The Balaban J connectivity index is 2.25. The maximum atomic E-state index is 12.5. The maximum Gasteiger partial charge on any atom is 0.262 e. The molecule has 0 radical (unpaired) electrons. The normalized spacial score (nSPS) is 11.4. The maximum absolute atomic E-state index is 12.5. The van der Waals surface area contributed by atoms with Gasteiger partial charge in [0.2, 0.25) is 5.78 Å². The predicted molar refractivity (Wildman–Crippen MR) is 74.7 cm³/mol. The Hall–Kier alpha value is -1.88. The fourth-order valence-corrected chi connectivity index (χ4v) is 2.44. The average Bonchev–Trinajstić information content (AvgIpc) is 2.92. The van der Waals surface area contributed by atoms with Crippen LogP contribution in [0.5, 0.6) is 0 Å². The number of benzene rings is 1. The number of halogens is 1. The number of aryl methyl sites for hydroxylation is 1. The van der Waals surface area contributed by atoms with Gasteiger partial charge in [-0.2, -0.15) is 0 Å². The van der Waals surface area contributed by atoms with Crippen LogP contribution >= 0.6 is 11.6 Å². The summed E-state index contributed by atoms with van der Waals surface area (Å²) in [5, 5.41) is 8.64. The lowest BCUT2D eigenvalue weighted by molar-refractivity contribution is 0.623. The summed E-state index contributed by atoms with van der Waals surface area (Å²) in [5.74, 6) is 1.18. The molecule has 98 valence electrons. The molecule has 6 heteroatoms. The smallest absolute Gasteiger partial charge is 0.262 e. The van der Waals surface area contributed by atoms with Crippen LogP contribution in [-0.4, -0.2) is 25.0 Å². The highest BCUT2D eigenvalue weighted by atomic mass is 35.5. The highest BCUT2D eigenvalue weighted by Crippen LogP contribution is 2.12. The van der Waals surface area contributed by atoms with Crippen LogP contribution in [0.15, 0.2) is 35.4 Å². The number of fused-ring (bicyclic) bond motifs is 3. The number of aromatic nitrogens is 4. The van der Waals surface area contributed by atoms with E-state index in [4.69, 9.17) is 11.6 Å². The van der Waals surface area contributed by atoms with Crippen LogP contribution in [0.3, 0.4) is 0 Å². The van der Waals surface area contributed by atoms with E-state index in [0.717, 1.165) is 18.4 Å². The first-order valence-corrected chi connectivity index (χ1v) is 6.73. The molecule has 2 heterocycles. The second kappa shape index (κ2) is 5.01. The van der Waals surface area contributed by atoms with Crippen molar-refractivity contribution in [1.82, 2.24) is 19.2 Å². The van der Waals surface area contributed by atoms with Crippen molar-refractivity contribution in [2.75, 3.05) is 5.88 Å². The van der Waals surface area contributed by atoms with Crippen LogP contribution in [-0.2, 0) is 6.54 Å². The molecule has 0 aliphatic heterocycles. The summed E-state index contributed by atoms with van der Waals surface area (Å²) < 4.78 is 3.51. The molecule has 0 N–H and O–H groups in total. The van der Waals surface area contributed by atoms with Crippen molar-refractivity contribution in [3.05, 3.63) is 40.9 Å². The second-order valence-electron chi connectivity index (χ2n) is 4.37. The SMILES string of the molecule is O=c1c2ccccc2n2cnnc2n1CCCCCl. The van der Waals surface area contributed by atoms with Crippen molar-refractivity contribution in [2.45, 2.75) is 19.4 Å². The van der Waals surface area contributed by atoms with E-state index in [2.05, 4.69) is 10.2 Å². The zero-order valence-electron chi connectivity index (χ0n) is 10.3. The molecule has 19 heavy (non-hydrogen) atoms. The number of nitrogens with zero attached hydrogens (tertiary/aromatic N) is 4. The molecule has 0 atom stereocenters. The summed E-state index contributed by atoms with van der Waals surface area (Å²) in [7, 11) is 0. The van der Waals surface area contributed by atoms with Crippen LogP contribution in [0.4, 0.5) is 0 Å². The van der Waals surface area contributed by atoms with Crippen LogP contribution in [0.25, 0.3) is 16.7 Å². The van der Waals surface area contributed by atoms with Gasteiger partial charge in [0.05, 0.1) is 10.9 Å². The zero-order valence-corrected chi connectivity index (χ0v) is 11.0. The standard InChI is InChI=1S/C13H13ClN4O/c14-7-3-4-8-17-12(19)10-5-1-2-6-11(10)18-9-15-16-13(17)18/h1-2,5-6,9H,3-4,7-8H2. The van der Waals surface area contributed by atoms with E-state index in [9.17, 15) is 4.79 Å². The molecule has 3 aromatic rings. The van der Waals surface area contributed by atoms with Gasteiger partial charge in [-0.1, -0.05) is 12.1 Å². The van der Waals surface area contributed by atoms with Crippen molar-refractivity contribution in [3.63, 3.8) is 0 Å². The van der Waals surface area contributed by atoms with Crippen molar-refractivity contribution >= 4 is 28.3 Å². The molecular weight excluding hydrogens is 264 g/mol. The van der Waals surface area contributed by atoms with E-state index in [1.165, 1.54) is 0 Å². The Morgan fingerprint density at radius 1 is 1.21 bits per heavy atom. The number of para-hydroxylation sites is 1. The molecule has 0 aliphatic carbocycles. The van der Waals surface area contributed by atoms with Gasteiger partial charge in [0.15, 0.2) is 0 Å². The third-order valence-corrected chi connectivity index (χ3v) is 3.44. The molecule has 1 aromatic carbocycles. The molecule has 0 spiro atoms. The number of alkyl halides is 1. The molecule has 0 saturated carbocycles. The van der Waals surface area contributed by atoms with Crippen molar-refractivity contribution in [2.24, 2.45) is 0 Å². The quantitative estimate of drug-likeness (QED) is 0.541. The monoisotopic (exact) mass is 276 g/mol. The molecule has 0 saturated heterocycles. The fraction of sp³-hybridized carbons (Fsp3) is 0.308. The number of unbranched alkanes of at least 4 members (excludes halogenated alkanes) is 1.